The number of anilines is 1. The highest BCUT2D eigenvalue weighted by Crippen LogP contribution is 2.22. The van der Waals surface area contributed by atoms with E-state index in [1.54, 1.807) is 19.5 Å². The standard InChI is InChI=1S/C15H20N4O2/c1-11(15(20)18-8-10-21-2)19-9-7-17-14(19)12-3-5-13(16)6-4-12/h3-7,9,11H,8,10,16H2,1-2H3,(H,18,20). The molecule has 1 amide bonds. The number of carbonyl (C=O) groups is 1. The van der Waals surface area contributed by atoms with Crippen LogP contribution in [0.25, 0.3) is 11.4 Å². The highest BCUT2D eigenvalue weighted by atomic mass is 16.5. The fraction of sp³-hybridized carbons (Fsp3) is 0.333. The van der Waals surface area contributed by atoms with Gasteiger partial charge < -0.3 is 20.4 Å². The molecule has 3 N–H and O–H groups in total. The third kappa shape index (κ3) is 3.61. The summed E-state index contributed by atoms with van der Waals surface area (Å²) in [7, 11) is 1.60. The van der Waals surface area contributed by atoms with E-state index in [-0.39, 0.29) is 11.9 Å². The van der Waals surface area contributed by atoms with Crippen LogP contribution in [0.15, 0.2) is 36.7 Å². The van der Waals surface area contributed by atoms with Crippen LogP contribution in [-0.4, -0.2) is 35.7 Å². The first-order valence-corrected chi connectivity index (χ1v) is 6.79. The number of nitrogens with one attached hydrogen (secondary N) is 1. The number of nitrogen functional groups attached to an aromatic ring is 1. The zero-order valence-corrected chi connectivity index (χ0v) is 12.2. The molecule has 0 fully saturated rings. The van der Waals surface area contributed by atoms with Crippen LogP contribution in [0.3, 0.4) is 0 Å². The van der Waals surface area contributed by atoms with Gasteiger partial charge in [0.2, 0.25) is 5.91 Å². The van der Waals surface area contributed by atoms with E-state index in [9.17, 15) is 4.79 Å². The lowest BCUT2D eigenvalue weighted by atomic mass is 10.2. The Hall–Kier alpha value is -2.34. The zero-order valence-electron chi connectivity index (χ0n) is 12.2. The fourth-order valence-electron chi connectivity index (χ4n) is 2.03. The second-order valence-electron chi connectivity index (χ2n) is 4.74. The molecule has 6 nitrogen and oxygen atoms in total. The van der Waals surface area contributed by atoms with Gasteiger partial charge in [-0.05, 0) is 31.2 Å². The summed E-state index contributed by atoms with van der Waals surface area (Å²) in [4.78, 5) is 16.5. The monoisotopic (exact) mass is 288 g/mol. The van der Waals surface area contributed by atoms with Crippen molar-refractivity contribution in [1.29, 1.82) is 0 Å². The molecule has 1 unspecified atom stereocenters. The molecular formula is C15H20N4O2. The van der Waals surface area contributed by atoms with E-state index in [1.807, 2.05) is 35.8 Å². The van der Waals surface area contributed by atoms with Crippen molar-refractivity contribution in [2.24, 2.45) is 0 Å². The van der Waals surface area contributed by atoms with Gasteiger partial charge in [0.1, 0.15) is 11.9 Å². The Labute approximate surface area is 123 Å². The molecule has 0 spiro atoms. The number of imidazole rings is 1. The van der Waals surface area contributed by atoms with E-state index >= 15 is 0 Å². The number of rotatable bonds is 6. The third-order valence-electron chi connectivity index (χ3n) is 3.24. The second-order valence-corrected chi connectivity index (χ2v) is 4.74. The summed E-state index contributed by atoms with van der Waals surface area (Å²) in [6.07, 6.45) is 3.48. The van der Waals surface area contributed by atoms with Gasteiger partial charge in [-0.15, -0.1) is 0 Å². The maximum absolute atomic E-state index is 12.1. The molecule has 21 heavy (non-hydrogen) atoms. The number of nitrogens with zero attached hydrogens (tertiary/aromatic N) is 2. The molecule has 0 aliphatic heterocycles. The Bertz CT molecular complexity index is 592. The minimum absolute atomic E-state index is 0.0678. The smallest absolute Gasteiger partial charge is 0.242 e. The van der Waals surface area contributed by atoms with Crippen LogP contribution < -0.4 is 11.1 Å². The summed E-state index contributed by atoms with van der Waals surface area (Å²) < 4.78 is 6.76. The Morgan fingerprint density at radius 1 is 1.43 bits per heavy atom. The summed E-state index contributed by atoms with van der Waals surface area (Å²) in [6.45, 7) is 2.82. The van der Waals surface area contributed by atoms with E-state index in [2.05, 4.69) is 10.3 Å². The van der Waals surface area contributed by atoms with Crippen molar-refractivity contribution in [3.05, 3.63) is 36.7 Å². The predicted octanol–water partition coefficient (Wildman–Crippen LogP) is 1.46. The Morgan fingerprint density at radius 3 is 2.81 bits per heavy atom. The van der Waals surface area contributed by atoms with Crippen molar-refractivity contribution in [2.45, 2.75) is 13.0 Å². The first kappa shape index (κ1) is 15.1. The van der Waals surface area contributed by atoms with Crippen LogP contribution in [0.1, 0.15) is 13.0 Å². The molecule has 2 aromatic rings. The van der Waals surface area contributed by atoms with Crippen molar-refractivity contribution < 1.29 is 9.53 Å². The molecule has 0 radical (unpaired) electrons. The minimum Gasteiger partial charge on any atom is -0.399 e. The van der Waals surface area contributed by atoms with Crippen LogP contribution in [0.5, 0.6) is 0 Å². The average Bonchev–Trinajstić information content (AvgIpc) is 2.96. The molecule has 1 aromatic heterocycles. The molecule has 0 aliphatic carbocycles. The highest BCUT2D eigenvalue weighted by Gasteiger charge is 2.18. The number of hydrogen-bond donors (Lipinski definition) is 2. The molecule has 1 aromatic carbocycles. The summed E-state index contributed by atoms with van der Waals surface area (Å²) >= 11 is 0. The fourth-order valence-corrected chi connectivity index (χ4v) is 2.03. The number of nitrogens with two attached hydrogens (primary N) is 1. The summed E-state index contributed by atoms with van der Waals surface area (Å²) in [5, 5.41) is 2.83. The number of amides is 1. The molecule has 112 valence electrons. The molecule has 1 heterocycles. The van der Waals surface area contributed by atoms with E-state index in [0.29, 0.717) is 18.8 Å². The summed E-state index contributed by atoms with van der Waals surface area (Å²) in [5.41, 5.74) is 7.31. The molecule has 2 rings (SSSR count). The van der Waals surface area contributed by atoms with Gasteiger partial charge in [-0.3, -0.25) is 4.79 Å². The van der Waals surface area contributed by atoms with E-state index < -0.39 is 0 Å². The van der Waals surface area contributed by atoms with Crippen LogP contribution >= 0.6 is 0 Å². The molecule has 1 atom stereocenters. The maximum atomic E-state index is 12.1. The van der Waals surface area contributed by atoms with Crippen molar-refractivity contribution in [2.75, 3.05) is 26.0 Å². The van der Waals surface area contributed by atoms with Gasteiger partial charge in [-0.1, -0.05) is 0 Å². The van der Waals surface area contributed by atoms with Gasteiger partial charge in [-0.2, -0.15) is 0 Å². The first-order valence-electron chi connectivity index (χ1n) is 6.79. The van der Waals surface area contributed by atoms with Gasteiger partial charge >= 0.3 is 0 Å². The lowest BCUT2D eigenvalue weighted by Gasteiger charge is -2.16. The molecular weight excluding hydrogens is 268 g/mol. The molecule has 0 saturated carbocycles. The summed E-state index contributed by atoms with van der Waals surface area (Å²) in [5.74, 6) is 0.672. The highest BCUT2D eigenvalue weighted by molar-refractivity contribution is 5.80. The van der Waals surface area contributed by atoms with Crippen molar-refractivity contribution in [3.63, 3.8) is 0 Å². The van der Waals surface area contributed by atoms with Gasteiger partial charge in [-0.25, -0.2) is 4.98 Å². The second kappa shape index (κ2) is 6.90. The predicted molar refractivity (Wildman–Crippen MR) is 81.7 cm³/mol. The van der Waals surface area contributed by atoms with Crippen LogP contribution in [-0.2, 0) is 9.53 Å². The number of carbonyl (C=O) groups excluding carboxylic acids is 1. The first-order chi connectivity index (χ1) is 10.1. The largest absolute Gasteiger partial charge is 0.399 e. The SMILES string of the molecule is COCCNC(=O)C(C)n1ccnc1-c1ccc(N)cc1. The lowest BCUT2D eigenvalue weighted by Crippen LogP contribution is -2.33. The van der Waals surface area contributed by atoms with Gasteiger partial charge in [0.05, 0.1) is 6.61 Å². The molecule has 0 aliphatic rings. The van der Waals surface area contributed by atoms with Crippen molar-refractivity contribution in [1.82, 2.24) is 14.9 Å². The van der Waals surface area contributed by atoms with Gasteiger partial charge in [0.25, 0.3) is 0 Å². The minimum atomic E-state index is -0.350. The van der Waals surface area contributed by atoms with E-state index in [0.717, 1.165) is 11.4 Å². The number of benzene rings is 1. The van der Waals surface area contributed by atoms with Gasteiger partial charge in [0.15, 0.2) is 0 Å². The zero-order chi connectivity index (χ0) is 15.2. The normalized spacial score (nSPS) is 12.1. The lowest BCUT2D eigenvalue weighted by molar-refractivity contribution is -0.124. The molecule has 0 bridgehead atoms. The molecule has 0 saturated heterocycles. The Balaban J connectivity index is 2.15. The number of hydrogen-bond acceptors (Lipinski definition) is 4. The quantitative estimate of drug-likeness (QED) is 0.622. The maximum Gasteiger partial charge on any atom is 0.242 e. The van der Waals surface area contributed by atoms with Crippen molar-refractivity contribution >= 4 is 11.6 Å². The number of ether oxygens (including phenoxy) is 1. The topological polar surface area (TPSA) is 82.2 Å². The Kier molecular flexibility index (Phi) is 4.94. The Morgan fingerprint density at radius 2 is 2.14 bits per heavy atom. The van der Waals surface area contributed by atoms with Crippen LogP contribution in [0, 0.1) is 0 Å². The molecule has 6 heteroatoms. The van der Waals surface area contributed by atoms with Crippen molar-refractivity contribution in [3.8, 4) is 11.4 Å². The van der Waals surface area contributed by atoms with Crippen LogP contribution in [0.4, 0.5) is 5.69 Å². The van der Waals surface area contributed by atoms with E-state index in [1.165, 1.54) is 0 Å². The number of methoxy groups -OCH3 is 1. The number of aromatic nitrogens is 2. The summed E-state index contributed by atoms with van der Waals surface area (Å²) in [6, 6.07) is 7.07. The van der Waals surface area contributed by atoms with Gasteiger partial charge in [0, 0.05) is 37.3 Å². The average molecular weight is 288 g/mol. The third-order valence-corrected chi connectivity index (χ3v) is 3.24. The van der Waals surface area contributed by atoms with Crippen LogP contribution in [0.2, 0.25) is 0 Å². The van der Waals surface area contributed by atoms with E-state index in [4.69, 9.17) is 10.5 Å².